The van der Waals surface area contributed by atoms with Gasteiger partial charge in [-0.15, -0.1) is 0 Å². The van der Waals surface area contributed by atoms with Crippen molar-refractivity contribution in [1.29, 1.82) is 0 Å². The van der Waals surface area contributed by atoms with Crippen molar-refractivity contribution >= 4 is 17.3 Å². The second kappa shape index (κ2) is 3.69. The first-order valence-electron chi connectivity index (χ1n) is 5.61. The number of halogens is 1. The molecule has 0 radical (unpaired) electrons. The van der Waals surface area contributed by atoms with E-state index in [0.29, 0.717) is 6.04 Å². The Bertz CT molecular complexity index is 378. The summed E-state index contributed by atoms with van der Waals surface area (Å²) in [5, 5.41) is 4.40. The molecule has 0 aliphatic carbocycles. The van der Waals surface area contributed by atoms with Crippen LogP contribution in [0.4, 0.5) is 5.69 Å². The molecule has 3 rings (SSSR count). The van der Waals surface area contributed by atoms with Crippen LogP contribution in [0.3, 0.4) is 0 Å². The van der Waals surface area contributed by atoms with Crippen molar-refractivity contribution in [1.82, 2.24) is 5.32 Å². The first kappa shape index (κ1) is 9.49. The number of nitrogens with zero attached hydrogens (tertiary/aromatic N) is 1. The molecule has 1 saturated heterocycles. The minimum atomic E-state index is 0.613. The van der Waals surface area contributed by atoms with E-state index in [1.807, 2.05) is 6.07 Å². The van der Waals surface area contributed by atoms with Gasteiger partial charge in [0.25, 0.3) is 0 Å². The van der Waals surface area contributed by atoms with Gasteiger partial charge in [-0.2, -0.15) is 0 Å². The summed E-state index contributed by atoms with van der Waals surface area (Å²) in [5.41, 5.74) is 2.70. The van der Waals surface area contributed by atoms with Gasteiger partial charge in [0, 0.05) is 19.1 Å². The highest BCUT2D eigenvalue weighted by Crippen LogP contribution is 2.38. The predicted molar refractivity (Wildman–Crippen MR) is 63.8 cm³/mol. The third kappa shape index (κ3) is 1.52. The lowest BCUT2D eigenvalue weighted by atomic mass is 10.1. The molecule has 1 atom stereocenters. The standard InChI is InChI=1S/C12H15ClN2/c13-11-4-1-3-9-7-10-8-14-5-2-6-15(10)12(9)11/h1,3-4,10,14H,2,5-8H2. The lowest BCUT2D eigenvalue weighted by molar-refractivity contribution is 0.613. The van der Waals surface area contributed by atoms with Crippen LogP contribution in [0.25, 0.3) is 0 Å². The average Bonchev–Trinajstić information content (AvgIpc) is 2.43. The molecule has 15 heavy (non-hydrogen) atoms. The Morgan fingerprint density at radius 2 is 2.33 bits per heavy atom. The topological polar surface area (TPSA) is 15.3 Å². The number of hydrogen-bond acceptors (Lipinski definition) is 2. The summed E-state index contributed by atoms with van der Waals surface area (Å²) in [6.07, 6.45) is 2.35. The largest absolute Gasteiger partial charge is 0.365 e. The molecule has 0 bridgehead atoms. The second-order valence-electron chi connectivity index (χ2n) is 4.36. The maximum Gasteiger partial charge on any atom is 0.0642 e. The first-order valence-corrected chi connectivity index (χ1v) is 5.99. The Labute approximate surface area is 95.2 Å². The molecule has 0 spiro atoms. The van der Waals surface area contributed by atoms with Crippen molar-refractivity contribution < 1.29 is 0 Å². The Kier molecular flexibility index (Phi) is 2.33. The normalized spacial score (nSPS) is 24.6. The van der Waals surface area contributed by atoms with Gasteiger partial charge in [-0.1, -0.05) is 23.7 Å². The number of rotatable bonds is 0. The molecule has 2 nitrogen and oxygen atoms in total. The van der Waals surface area contributed by atoms with Crippen LogP contribution in [0.15, 0.2) is 18.2 Å². The molecule has 0 saturated carbocycles. The predicted octanol–water partition coefficient (Wildman–Crippen LogP) is 2.06. The Balaban J connectivity index is 2.02. The number of anilines is 1. The summed E-state index contributed by atoms with van der Waals surface area (Å²) in [6.45, 7) is 3.35. The lowest BCUT2D eigenvalue weighted by Gasteiger charge is -2.25. The van der Waals surface area contributed by atoms with E-state index < -0.39 is 0 Å². The van der Waals surface area contributed by atoms with E-state index in [-0.39, 0.29) is 0 Å². The number of nitrogens with one attached hydrogen (secondary N) is 1. The van der Waals surface area contributed by atoms with Crippen LogP contribution in [-0.4, -0.2) is 25.7 Å². The third-order valence-electron chi connectivity index (χ3n) is 3.39. The highest BCUT2D eigenvalue weighted by Gasteiger charge is 2.31. The third-order valence-corrected chi connectivity index (χ3v) is 3.69. The van der Waals surface area contributed by atoms with Gasteiger partial charge >= 0.3 is 0 Å². The van der Waals surface area contributed by atoms with E-state index >= 15 is 0 Å². The molecule has 1 N–H and O–H groups in total. The summed E-state index contributed by atoms with van der Waals surface area (Å²) in [5.74, 6) is 0. The number of para-hydroxylation sites is 1. The van der Waals surface area contributed by atoms with Gasteiger partial charge in [-0.25, -0.2) is 0 Å². The van der Waals surface area contributed by atoms with Crippen LogP contribution in [0.5, 0.6) is 0 Å². The van der Waals surface area contributed by atoms with Crippen molar-refractivity contribution in [2.45, 2.75) is 18.9 Å². The van der Waals surface area contributed by atoms with Gasteiger partial charge in [-0.05, 0) is 31.0 Å². The molecule has 0 amide bonds. The van der Waals surface area contributed by atoms with Crippen molar-refractivity contribution in [3.05, 3.63) is 28.8 Å². The van der Waals surface area contributed by atoms with Crippen LogP contribution < -0.4 is 10.2 Å². The summed E-state index contributed by atoms with van der Waals surface area (Å²) < 4.78 is 0. The highest BCUT2D eigenvalue weighted by atomic mass is 35.5. The maximum atomic E-state index is 6.28. The smallest absolute Gasteiger partial charge is 0.0642 e. The van der Waals surface area contributed by atoms with Crippen LogP contribution in [0.2, 0.25) is 5.02 Å². The molecule has 2 aliphatic rings. The fourth-order valence-corrected chi connectivity index (χ4v) is 3.02. The molecular formula is C12H15ClN2. The summed E-state index contributed by atoms with van der Waals surface area (Å²) in [4.78, 5) is 2.48. The monoisotopic (exact) mass is 222 g/mol. The molecule has 1 unspecified atom stereocenters. The van der Waals surface area contributed by atoms with E-state index in [0.717, 1.165) is 31.1 Å². The van der Waals surface area contributed by atoms with Gasteiger partial charge in [0.05, 0.1) is 10.7 Å². The molecule has 0 aromatic heterocycles. The first-order chi connectivity index (χ1) is 7.36. The zero-order valence-corrected chi connectivity index (χ0v) is 9.43. The molecule has 1 fully saturated rings. The van der Waals surface area contributed by atoms with Gasteiger partial charge in [0.15, 0.2) is 0 Å². The molecule has 3 heteroatoms. The number of fused-ring (bicyclic) bond motifs is 3. The number of hydrogen-bond donors (Lipinski definition) is 1. The van der Waals surface area contributed by atoms with Crippen molar-refractivity contribution in [3.63, 3.8) is 0 Å². The average molecular weight is 223 g/mol. The van der Waals surface area contributed by atoms with Gasteiger partial charge in [0.2, 0.25) is 0 Å². The Morgan fingerprint density at radius 3 is 3.27 bits per heavy atom. The highest BCUT2D eigenvalue weighted by molar-refractivity contribution is 6.33. The van der Waals surface area contributed by atoms with E-state index in [9.17, 15) is 0 Å². The van der Waals surface area contributed by atoms with Crippen LogP contribution in [0.1, 0.15) is 12.0 Å². The zero-order chi connectivity index (χ0) is 10.3. The SMILES string of the molecule is Clc1cccc2c1N1CCCNCC1C2. The van der Waals surface area contributed by atoms with Crippen LogP contribution >= 0.6 is 11.6 Å². The van der Waals surface area contributed by atoms with E-state index in [4.69, 9.17) is 11.6 Å². The van der Waals surface area contributed by atoms with Crippen LogP contribution in [-0.2, 0) is 6.42 Å². The molecule has 1 aromatic rings. The Morgan fingerprint density at radius 1 is 1.40 bits per heavy atom. The van der Waals surface area contributed by atoms with Crippen molar-refractivity contribution in [2.24, 2.45) is 0 Å². The molecule has 2 aliphatic heterocycles. The second-order valence-corrected chi connectivity index (χ2v) is 4.76. The zero-order valence-electron chi connectivity index (χ0n) is 8.67. The van der Waals surface area contributed by atoms with E-state index in [1.54, 1.807) is 0 Å². The Hall–Kier alpha value is -0.730. The van der Waals surface area contributed by atoms with Crippen molar-refractivity contribution in [2.75, 3.05) is 24.5 Å². The fraction of sp³-hybridized carbons (Fsp3) is 0.500. The van der Waals surface area contributed by atoms with Gasteiger partial charge in [-0.3, -0.25) is 0 Å². The van der Waals surface area contributed by atoms with Crippen LogP contribution in [0, 0.1) is 0 Å². The molecule has 2 heterocycles. The van der Waals surface area contributed by atoms with E-state index in [1.165, 1.54) is 17.7 Å². The minimum absolute atomic E-state index is 0.613. The summed E-state index contributed by atoms with van der Waals surface area (Å²) in [7, 11) is 0. The molecule has 1 aromatic carbocycles. The van der Waals surface area contributed by atoms with E-state index in [2.05, 4.69) is 22.3 Å². The lowest BCUT2D eigenvalue weighted by Crippen LogP contribution is -2.36. The maximum absolute atomic E-state index is 6.28. The summed E-state index contributed by atoms with van der Waals surface area (Å²) >= 11 is 6.28. The quantitative estimate of drug-likeness (QED) is 0.723. The summed E-state index contributed by atoms with van der Waals surface area (Å²) in [6, 6.07) is 6.88. The van der Waals surface area contributed by atoms with Gasteiger partial charge < -0.3 is 10.2 Å². The van der Waals surface area contributed by atoms with Crippen molar-refractivity contribution in [3.8, 4) is 0 Å². The molecular weight excluding hydrogens is 208 g/mol. The number of benzene rings is 1. The van der Waals surface area contributed by atoms with Gasteiger partial charge in [0.1, 0.15) is 0 Å². The fourth-order valence-electron chi connectivity index (χ4n) is 2.71. The molecule has 80 valence electrons. The minimum Gasteiger partial charge on any atom is -0.365 e.